The van der Waals surface area contributed by atoms with Crippen molar-refractivity contribution in [2.24, 2.45) is 0 Å². The van der Waals surface area contributed by atoms with Crippen LogP contribution in [0.1, 0.15) is 33.2 Å². The molecule has 0 unspecified atom stereocenters. The summed E-state index contributed by atoms with van der Waals surface area (Å²) >= 11 is 3.11. The van der Waals surface area contributed by atoms with Crippen LogP contribution in [0.2, 0.25) is 0 Å². The number of nitrogens with one attached hydrogen (secondary N) is 2. The van der Waals surface area contributed by atoms with Crippen molar-refractivity contribution < 1.29 is 14.0 Å². The molecule has 4 aromatic rings. The van der Waals surface area contributed by atoms with E-state index in [4.69, 9.17) is 4.42 Å². The highest BCUT2D eigenvalue weighted by Crippen LogP contribution is 2.33. The molecule has 0 aliphatic rings. The molecule has 10 heteroatoms. The molecular weight excluding hydrogens is 434 g/mol. The molecule has 0 spiro atoms. The first-order valence-corrected chi connectivity index (χ1v) is 11.4. The first-order valence-electron chi connectivity index (χ1n) is 9.56. The Labute approximate surface area is 187 Å². The minimum atomic E-state index is -0.510. The van der Waals surface area contributed by atoms with Gasteiger partial charge in [0, 0.05) is 33.5 Å². The zero-order chi connectivity index (χ0) is 22.0. The molecule has 2 amide bonds. The molecule has 2 N–H and O–H groups in total. The number of hydrogen-bond acceptors (Lipinski definition) is 7. The number of para-hydroxylation sites is 1. The van der Waals surface area contributed by atoms with E-state index in [9.17, 15) is 9.59 Å². The number of fused-ring (bicyclic) bond motifs is 1. The number of aryl methyl sites for hydroxylation is 3. The van der Waals surface area contributed by atoms with Gasteiger partial charge in [-0.1, -0.05) is 30.0 Å². The third kappa shape index (κ3) is 4.80. The summed E-state index contributed by atoms with van der Waals surface area (Å²) in [6.07, 6.45) is 0. The standard InChI is InChI=1S/C21H21N5O3S2/c1-12-8-14(3)26(25-12)9-18(27)23-24-20(28)19-16(11-31-21-22-13(2)10-30-21)15-6-4-5-7-17(15)29-19/h4-8,10H,9,11H2,1-3H3,(H,23,27)(H,24,28). The van der Waals surface area contributed by atoms with Crippen LogP contribution in [0, 0.1) is 20.8 Å². The minimum absolute atomic E-state index is 0.00614. The second kappa shape index (κ2) is 8.94. The summed E-state index contributed by atoms with van der Waals surface area (Å²) in [5.41, 5.74) is 8.93. The van der Waals surface area contributed by atoms with E-state index in [1.807, 2.05) is 56.5 Å². The molecule has 0 fully saturated rings. The van der Waals surface area contributed by atoms with Gasteiger partial charge in [-0.3, -0.25) is 25.1 Å². The molecular formula is C21H21N5O3S2. The fourth-order valence-electron chi connectivity index (χ4n) is 3.15. The van der Waals surface area contributed by atoms with Crippen LogP contribution in [-0.4, -0.2) is 26.6 Å². The molecule has 0 aliphatic carbocycles. The largest absolute Gasteiger partial charge is 0.451 e. The fourth-order valence-corrected chi connectivity index (χ4v) is 5.03. The van der Waals surface area contributed by atoms with Gasteiger partial charge in [0.15, 0.2) is 5.76 Å². The number of carbonyl (C=O) groups excluding carboxylic acids is 2. The molecule has 3 aromatic heterocycles. The molecule has 1 aromatic carbocycles. The third-order valence-electron chi connectivity index (χ3n) is 4.55. The average molecular weight is 456 g/mol. The average Bonchev–Trinajstić information content (AvgIpc) is 3.41. The van der Waals surface area contributed by atoms with Crippen molar-refractivity contribution in [3.8, 4) is 0 Å². The molecule has 0 saturated carbocycles. The number of hydrazine groups is 1. The molecule has 0 radical (unpaired) electrons. The predicted molar refractivity (Wildman–Crippen MR) is 120 cm³/mol. The lowest BCUT2D eigenvalue weighted by Gasteiger charge is -2.08. The molecule has 0 saturated heterocycles. The zero-order valence-corrected chi connectivity index (χ0v) is 18.9. The smallest absolute Gasteiger partial charge is 0.305 e. The van der Waals surface area contributed by atoms with Crippen LogP contribution < -0.4 is 10.9 Å². The van der Waals surface area contributed by atoms with Gasteiger partial charge in [-0.05, 0) is 32.9 Å². The van der Waals surface area contributed by atoms with Gasteiger partial charge in [-0.25, -0.2) is 4.98 Å². The lowest BCUT2D eigenvalue weighted by atomic mass is 10.1. The summed E-state index contributed by atoms with van der Waals surface area (Å²) in [5.74, 6) is -0.200. The summed E-state index contributed by atoms with van der Waals surface area (Å²) in [6, 6.07) is 9.37. The summed E-state index contributed by atoms with van der Waals surface area (Å²) in [7, 11) is 0. The number of thioether (sulfide) groups is 1. The number of hydrogen-bond donors (Lipinski definition) is 2. The first kappa shape index (κ1) is 21.1. The number of carbonyl (C=O) groups is 2. The molecule has 4 rings (SSSR count). The number of benzene rings is 1. The Kier molecular flexibility index (Phi) is 6.10. The summed E-state index contributed by atoms with van der Waals surface area (Å²) in [4.78, 5) is 29.5. The maximum absolute atomic E-state index is 12.8. The van der Waals surface area contributed by atoms with Crippen molar-refractivity contribution in [1.29, 1.82) is 0 Å². The van der Waals surface area contributed by atoms with Gasteiger partial charge in [0.25, 0.3) is 5.91 Å². The highest BCUT2D eigenvalue weighted by Gasteiger charge is 2.21. The van der Waals surface area contributed by atoms with E-state index < -0.39 is 5.91 Å². The van der Waals surface area contributed by atoms with Gasteiger partial charge in [-0.15, -0.1) is 11.3 Å². The number of furan rings is 1. The lowest BCUT2D eigenvalue weighted by molar-refractivity contribution is -0.122. The van der Waals surface area contributed by atoms with Crippen molar-refractivity contribution in [2.45, 2.75) is 37.4 Å². The van der Waals surface area contributed by atoms with Crippen molar-refractivity contribution in [2.75, 3.05) is 0 Å². The normalized spacial score (nSPS) is 11.1. The first-order chi connectivity index (χ1) is 14.9. The molecule has 0 bridgehead atoms. The second-order valence-electron chi connectivity index (χ2n) is 7.04. The van der Waals surface area contributed by atoms with Crippen LogP contribution in [0.25, 0.3) is 11.0 Å². The van der Waals surface area contributed by atoms with Crippen LogP contribution >= 0.6 is 23.1 Å². The summed E-state index contributed by atoms with van der Waals surface area (Å²) in [5, 5.41) is 7.10. The topological polar surface area (TPSA) is 102 Å². The maximum Gasteiger partial charge on any atom is 0.305 e. The van der Waals surface area contributed by atoms with Crippen LogP contribution in [0.4, 0.5) is 0 Å². The van der Waals surface area contributed by atoms with Gasteiger partial charge in [-0.2, -0.15) is 5.10 Å². The number of amides is 2. The van der Waals surface area contributed by atoms with Crippen LogP contribution in [0.3, 0.4) is 0 Å². The molecule has 0 aliphatic heterocycles. The van der Waals surface area contributed by atoms with Crippen molar-refractivity contribution >= 4 is 45.9 Å². The van der Waals surface area contributed by atoms with Crippen molar-refractivity contribution in [3.63, 3.8) is 0 Å². The van der Waals surface area contributed by atoms with E-state index in [2.05, 4.69) is 20.9 Å². The van der Waals surface area contributed by atoms with Crippen molar-refractivity contribution in [1.82, 2.24) is 25.6 Å². The summed E-state index contributed by atoms with van der Waals surface area (Å²) in [6.45, 7) is 5.68. The van der Waals surface area contributed by atoms with Crippen molar-refractivity contribution in [3.05, 3.63) is 64.1 Å². The Hall–Kier alpha value is -3.11. The van der Waals surface area contributed by atoms with E-state index in [1.54, 1.807) is 27.8 Å². The Morgan fingerprint density at radius 1 is 1.16 bits per heavy atom. The SMILES string of the molecule is Cc1csc(SCc2c(C(=O)NNC(=O)Cn3nc(C)cc3C)oc3ccccc23)n1. The zero-order valence-electron chi connectivity index (χ0n) is 17.3. The van der Waals surface area contributed by atoms with E-state index >= 15 is 0 Å². The van der Waals surface area contributed by atoms with Crippen LogP contribution in [0.15, 0.2) is 44.5 Å². The quantitative estimate of drug-likeness (QED) is 0.339. The van der Waals surface area contributed by atoms with Crippen LogP contribution in [-0.2, 0) is 17.1 Å². The highest BCUT2D eigenvalue weighted by atomic mass is 32.2. The predicted octanol–water partition coefficient (Wildman–Crippen LogP) is 3.76. The number of nitrogens with zero attached hydrogens (tertiary/aromatic N) is 3. The van der Waals surface area contributed by atoms with Gasteiger partial charge >= 0.3 is 5.91 Å². The van der Waals surface area contributed by atoms with E-state index in [-0.39, 0.29) is 18.2 Å². The van der Waals surface area contributed by atoms with Gasteiger partial charge in [0.1, 0.15) is 16.5 Å². The molecule has 3 heterocycles. The highest BCUT2D eigenvalue weighted by molar-refractivity contribution is 8.00. The van der Waals surface area contributed by atoms with E-state index in [1.165, 1.54) is 0 Å². The van der Waals surface area contributed by atoms with E-state index in [0.717, 1.165) is 32.4 Å². The Morgan fingerprint density at radius 3 is 2.68 bits per heavy atom. The molecule has 0 atom stereocenters. The Balaban J connectivity index is 1.47. The maximum atomic E-state index is 12.8. The summed E-state index contributed by atoms with van der Waals surface area (Å²) < 4.78 is 8.32. The molecule has 31 heavy (non-hydrogen) atoms. The molecule has 8 nitrogen and oxygen atoms in total. The monoisotopic (exact) mass is 455 g/mol. The minimum Gasteiger partial charge on any atom is -0.451 e. The Bertz CT molecular complexity index is 1260. The third-order valence-corrected chi connectivity index (χ3v) is 6.72. The number of thiazole rings is 1. The number of aromatic nitrogens is 3. The van der Waals surface area contributed by atoms with Gasteiger partial charge < -0.3 is 4.42 Å². The van der Waals surface area contributed by atoms with E-state index in [0.29, 0.717) is 11.3 Å². The van der Waals surface area contributed by atoms with Crippen LogP contribution in [0.5, 0.6) is 0 Å². The lowest BCUT2D eigenvalue weighted by Crippen LogP contribution is -2.43. The number of rotatable bonds is 6. The van der Waals surface area contributed by atoms with Gasteiger partial charge in [0.2, 0.25) is 0 Å². The second-order valence-corrected chi connectivity index (χ2v) is 9.12. The molecule has 160 valence electrons. The Morgan fingerprint density at radius 2 is 1.97 bits per heavy atom. The fraction of sp³-hybridized carbons (Fsp3) is 0.238. The van der Waals surface area contributed by atoms with Gasteiger partial charge in [0.05, 0.1) is 5.69 Å².